The maximum absolute atomic E-state index is 2.63. The van der Waals surface area contributed by atoms with Crippen LogP contribution in [0.3, 0.4) is 0 Å². The lowest BCUT2D eigenvalue weighted by molar-refractivity contribution is 0.578. The van der Waals surface area contributed by atoms with Gasteiger partial charge in [0.05, 0.1) is 0 Å². The number of nitrogens with zero attached hydrogens (tertiary/aromatic N) is 2. The molecule has 0 aromatic heterocycles. The molecule has 0 amide bonds. The van der Waals surface area contributed by atoms with Crippen LogP contribution in [0.25, 0.3) is 43.8 Å². The van der Waals surface area contributed by atoms with Gasteiger partial charge in [-0.15, -0.1) is 0 Å². The molecule has 5 aromatic rings. The van der Waals surface area contributed by atoms with Crippen LogP contribution in [0.4, 0.5) is 11.4 Å². The van der Waals surface area contributed by atoms with Gasteiger partial charge in [-0.25, -0.2) is 0 Å². The number of fused-ring (bicyclic) bond motifs is 2. The molecule has 2 nitrogen and oxygen atoms in total. The molecule has 2 aliphatic rings. The molecule has 0 N–H and O–H groups in total. The fourth-order valence-corrected chi connectivity index (χ4v) is 8.62. The zero-order chi connectivity index (χ0) is 32.3. The van der Waals surface area contributed by atoms with E-state index in [1.807, 2.05) is 0 Å². The van der Waals surface area contributed by atoms with Gasteiger partial charge in [-0.3, -0.25) is 0 Å². The lowest BCUT2D eigenvalue weighted by atomic mass is 9.79. The molecule has 2 saturated heterocycles. The largest absolute Gasteiger partial charge is 0.372 e. The zero-order valence-electron chi connectivity index (χ0n) is 29.6. The van der Waals surface area contributed by atoms with Crippen LogP contribution in [0.15, 0.2) is 48.5 Å². The maximum Gasteiger partial charge on any atom is 0.0372 e. The van der Waals surface area contributed by atoms with Gasteiger partial charge in [-0.05, 0) is 206 Å². The first kappa shape index (κ1) is 30.9. The number of aryl methyl sites for hydroxylation is 4. The predicted molar refractivity (Wildman–Crippen MR) is 202 cm³/mol. The van der Waals surface area contributed by atoms with E-state index in [4.69, 9.17) is 0 Å². The second kappa shape index (κ2) is 12.1. The summed E-state index contributed by atoms with van der Waals surface area (Å²) in [6.45, 7) is 23.1. The van der Waals surface area contributed by atoms with Crippen LogP contribution >= 0.6 is 0 Å². The van der Waals surface area contributed by atoms with Gasteiger partial charge < -0.3 is 9.80 Å². The van der Waals surface area contributed by atoms with Gasteiger partial charge in [0, 0.05) is 37.6 Å². The molecule has 0 atom stereocenters. The number of anilines is 2. The van der Waals surface area contributed by atoms with E-state index in [1.54, 1.807) is 0 Å². The van der Waals surface area contributed by atoms with Crippen molar-refractivity contribution in [2.75, 3.05) is 36.0 Å². The van der Waals surface area contributed by atoms with Gasteiger partial charge in [-0.1, -0.05) is 24.3 Å². The molecule has 2 fully saturated rings. The van der Waals surface area contributed by atoms with Crippen LogP contribution in [0.1, 0.15) is 83.0 Å². The minimum absolute atomic E-state index is 1.15. The molecule has 238 valence electrons. The summed E-state index contributed by atoms with van der Waals surface area (Å²) in [6.07, 6.45) is 7.81. The van der Waals surface area contributed by atoms with Gasteiger partial charge in [0.15, 0.2) is 0 Å². The summed E-state index contributed by atoms with van der Waals surface area (Å²) in [5, 5.41) is 5.55. The Balaban J connectivity index is 1.68. The third-order valence-electron chi connectivity index (χ3n) is 11.8. The summed E-state index contributed by atoms with van der Waals surface area (Å²) in [7, 11) is 0. The molecule has 7 rings (SSSR count). The van der Waals surface area contributed by atoms with Crippen molar-refractivity contribution in [3.8, 4) is 22.3 Å². The van der Waals surface area contributed by atoms with E-state index in [0.29, 0.717) is 0 Å². The smallest absolute Gasteiger partial charge is 0.0372 e. The molecule has 2 heterocycles. The quantitative estimate of drug-likeness (QED) is 0.187. The molecule has 0 saturated carbocycles. The first-order chi connectivity index (χ1) is 22.2. The highest BCUT2D eigenvalue weighted by atomic mass is 15.1. The molecule has 0 bridgehead atoms. The first-order valence-electron chi connectivity index (χ1n) is 17.8. The highest BCUT2D eigenvalue weighted by Gasteiger charge is 2.25. The fraction of sp³-hybridized carbons (Fsp3) is 0.409. The van der Waals surface area contributed by atoms with Gasteiger partial charge in [0.2, 0.25) is 0 Å². The Hall–Kier alpha value is -3.78. The third-order valence-corrected chi connectivity index (χ3v) is 11.8. The fourth-order valence-electron chi connectivity index (χ4n) is 8.62. The van der Waals surface area contributed by atoms with Crippen LogP contribution < -0.4 is 9.80 Å². The van der Waals surface area contributed by atoms with Crippen molar-refractivity contribution in [2.45, 2.75) is 93.9 Å². The summed E-state index contributed by atoms with van der Waals surface area (Å²) >= 11 is 0. The van der Waals surface area contributed by atoms with Crippen molar-refractivity contribution < 1.29 is 0 Å². The van der Waals surface area contributed by atoms with Crippen molar-refractivity contribution in [1.82, 2.24) is 0 Å². The molecule has 5 aromatic carbocycles. The van der Waals surface area contributed by atoms with E-state index in [0.717, 1.165) is 26.2 Å². The van der Waals surface area contributed by atoms with Gasteiger partial charge in [0.25, 0.3) is 0 Å². The topological polar surface area (TPSA) is 6.48 Å². The van der Waals surface area contributed by atoms with Gasteiger partial charge in [0.1, 0.15) is 0 Å². The molecule has 2 heteroatoms. The Bertz CT molecular complexity index is 1790. The maximum atomic E-state index is 2.63. The molecular formula is C44H52N2. The first-order valence-corrected chi connectivity index (χ1v) is 17.8. The summed E-state index contributed by atoms with van der Waals surface area (Å²) < 4.78 is 0. The minimum atomic E-state index is 1.15. The van der Waals surface area contributed by atoms with Gasteiger partial charge in [-0.2, -0.15) is 0 Å². The Kier molecular flexibility index (Phi) is 8.12. The Morgan fingerprint density at radius 2 is 0.674 bits per heavy atom. The number of benzene rings is 5. The molecule has 0 aliphatic carbocycles. The van der Waals surface area contributed by atoms with E-state index in [2.05, 4.69) is 114 Å². The van der Waals surface area contributed by atoms with Crippen molar-refractivity contribution in [3.05, 3.63) is 93.0 Å². The zero-order valence-corrected chi connectivity index (χ0v) is 29.6. The molecule has 0 unspecified atom stereocenters. The van der Waals surface area contributed by atoms with Crippen molar-refractivity contribution in [2.24, 2.45) is 0 Å². The van der Waals surface area contributed by atoms with Crippen LogP contribution in [0.5, 0.6) is 0 Å². The lowest BCUT2D eigenvalue weighted by Crippen LogP contribution is -2.29. The lowest BCUT2D eigenvalue weighted by Gasteiger charge is -2.31. The summed E-state index contributed by atoms with van der Waals surface area (Å²) in [6, 6.07) is 19.7. The van der Waals surface area contributed by atoms with E-state index in [1.165, 1.54) is 138 Å². The Labute approximate surface area is 277 Å². The average Bonchev–Trinajstić information content (AvgIpc) is 3.07. The molecule has 0 radical (unpaired) electrons. The number of hydrogen-bond donors (Lipinski definition) is 0. The highest BCUT2D eigenvalue weighted by molar-refractivity contribution is 6.23. The number of hydrogen-bond acceptors (Lipinski definition) is 2. The molecule has 2 aliphatic heterocycles. The van der Waals surface area contributed by atoms with Crippen molar-refractivity contribution in [3.63, 3.8) is 0 Å². The predicted octanol–water partition coefficient (Wildman–Crippen LogP) is 11.8. The van der Waals surface area contributed by atoms with Crippen LogP contribution in [0, 0.1) is 55.4 Å². The highest BCUT2D eigenvalue weighted by Crippen LogP contribution is 2.49. The Morgan fingerprint density at radius 3 is 1.00 bits per heavy atom. The van der Waals surface area contributed by atoms with E-state index >= 15 is 0 Å². The number of piperidine rings is 2. The Morgan fingerprint density at radius 1 is 0.348 bits per heavy atom. The van der Waals surface area contributed by atoms with Crippen molar-refractivity contribution in [1.29, 1.82) is 0 Å². The minimum Gasteiger partial charge on any atom is -0.372 e. The molecule has 46 heavy (non-hydrogen) atoms. The van der Waals surface area contributed by atoms with Gasteiger partial charge >= 0.3 is 0 Å². The monoisotopic (exact) mass is 608 g/mol. The van der Waals surface area contributed by atoms with E-state index in [9.17, 15) is 0 Å². The van der Waals surface area contributed by atoms with Crippen LogP contribution in [-0.4, -0.2) is 26.2 Å². The third kappa shape index (κ3) is 5.09. The summed E-state index contributed by atoms with van der Waals surface area (Å²) in [4.78, 5) is 5.26. The second-order valence-electron chi connectivity index (χ2n) is 14.6. The average molecular weight is 609 g/mol. The van der Waals surface area contributed by atoms with E-state index in [-0.39, 0.29) is 0 Å². The summed E-state index contributed by atoms with van der Waals surface area (Å²) in [5.74, 6) is 0. The normalized spacial score (nSPS) is 15.7. The SMILES string of the molecule is Cc1cc(C)c(C)c(-c2c3ccc(N4CCCCC4)cc3c(-c3c(C)c(C)cc(C)c3C)c3ccc(N4CCCCC4)cc23)c1C. The summed E-state index contributed by atoms with van der Waals surface area (Å²) in [5.41, 5.74) is 19.5. The van der Waals surface area contributed by atoms with Crippen molar-refractivity contribution >= 4 is 32.9 Å². The van der Waals surface area contributed by atoms with Crippen LogP contribution in [-0.2, 0) is 0 Å². The second-order valence-corrected chi connectivity index (χ2v) is 14.6. The number of rotatable bonds is 4. The molecular weight excluding hydrogens is 556 g/mol. The molecule has 0 spiro atoms. The van der Waals surface area contributed by atoms with Crippen LogP contribution in [0.2, 0.25) is 0 Å². The standard InChI is InChI=1S/C44H52N2/c1-27-23-28(2)32(6)41(31(27)5)43-37-17-15-36(46-21-13-10-14-22-46)26-40(37)44(42-33(7)29(3)24-30(4)34(42)8)38-18-16-35(25-39(38)43)45-19-11-9-12-20-45/h15-18,23-26H,9-14,19-22H2,1-8H3. The van der Waals surface area contributed by atoms with E-state index < -0.39 is 0 Å².